The van der Waals surface area contributed by atoms with E-state index in [1.807, 2.05) is 80.6 Å². The summed E-state index contributed by atoms with van der Waals surface area (Å²) < 4.78 is 7.28. The number of amides is 1. The Morgan fingerprint density at radius 1 is 1.09 bits per heavy atom. The summed E-state index contributed by atoms with van der Waals surface area (Å²) in [7, 11) is 0. The number of rotatable bonds is 9. The smallest absolute Gasteiger partial charge is 0.349 e. The van der Waals surface area contributed by atoms with Gasteiger partial charge in [-0.1, -0.05) is 55.5 Å². The lowest BCUT2D eigenvalue weighted by molar-refractivity contribution is -0.142. The molecule has 0 aliphatic heterocycles. The van der Waals surface area contributed by atoms with Gasteiger partial charge in [-0.05, 0) is 61.6 Å². The maximum atomic E-state index is 12.5. The average Bonchev–Trinajstić information content (AvgIpc) is 3.10. The highest BCUT2D eigenvalue weighted by atomic mass is 16.5. The van der Waals surface area contributed by atoms with Gasteiger partial charge in [0.1, 0.15) is 11.6 Å². The van der Waals surface area contributed by atoms with E-state index in [2.05, 4.69) is 16.8 Å². The van der Waals surface area contributed by atoms with E-state index in [1.165, 1.54) is 6.08 Å². The van der Waals surface area contributed by atoms with Crippen LogP contribution in [0.15, 0.2) is 66.2 Å². The second-order valence-corrected chi connectivity index (χ2v) is 8.09. The summed E-state index contributed by atoms with van der Waals surface area (Å²) in [6, 6.07) is 21.3. The van der Waals surface area contributed by atoms with Crippen LogP contribution >= 0.6 is 0 Å². The monoisotopic (exact) mass is 455 g/mol. The molecular formula is C28H29N3O3. The molecule has 0 radical (unpaired) electrons. The number of hydrogen-bond acceptors (Lipinski definition) is 4. The number of benzene rings is 2. The van der Waals surface area contributed by atoms with Crippen LogP contribution in [0.5, 0.6) is 0 Å². The molecular weight excluding hydrogens is 426 g/mol. The predicted molar refractivity (Wildman–Crippen MR) is 133 cm³/mol. The van der Waals surface area contributed by atoms with E-state index in [1.54, 1.807) is 0 Å². The fourth-order valence-electron chi connectivity index (χ4n) is 3.84. The highest BCUT2D eigenvalue weighted by Crippen LogP contribution is 2.20. The molecule has 174 valence electrons. The van der Waals surface area contributed by atoms with Gasteiger partial charge in [-0.15, -0.1) is 0 Å². The van der Waals surface area contributed by atoms with Gasteiger partial charge in [0.15, 0.2) is 6.61 Å². The first kappa shape index (κ1) is 24.5. The lowest BCUT2D eigenvalue weighted by Gasteiger charge is -2.11. The molecule has 1 aromatic heterocycles. The van der Waals surface area contributed by atoms with Crippen LogP contribution in [-0.2, 0) is 27.3 Å². The van der Waals surface area contributed by atoms with Crippen LogP contribution in [0.25, 0.3) is 6.08 Å². The summed E-state index contributed by atoms with van der Waals surface area (Å²) in [4.78, 5) is 24.9. The minimum atomic E-state index is -0.824. The van der Waals surface area contributed by atoms with Gasteiger partial charge >= 0.3 is 5.97 Å². The van der Waals surface area contributed by atoms with E-state index in [0.29, 0.717) is 12.1 Å². The van der Waals surface area contributed by atoms with E-state index >= 15 is 0 Å². The Bertz CT molecular complexity index is 1230. The quantitative estimate of drug-likeness (QED) is 0.273. The summed E-state index contributed by atoms with van der Waals surface area (Å²) >= 11 is 0. The third-order valence-corrected chi connectivity index (χ3v) is 5.56. The third-order valence-electron chi connectivity index (χ3n) is 5.56. The first-order valence-electron chi connectivity index (χ1n) is 11.3. The standard InChI is InChI=1S/C28H29N3O3/c1-4-14-31-20(2)15-24(21(31)3)17-25(18-29)28(33)34-19-27(32)30-26-13-9-8-12-23(26)16-22-10-6-5-7-11-22/h5-13,15,17H,4,14,16,19H2,1-3H3,(H,30,32)/b25-17+. The Balaban J connectivity index is 1.64. The first-order valence-corrected chi connectivity index (χ1v) is 11.3. The van der Waals surface area contributed by atoms with Gasteiger partial charge in [0.2, 0.25) is 0 Å². The molecule has 3 rings (SSSR count). The SMILES string of the molecule is CCCn1c(C)cc(/C=C(\C#N)C(=O)OCC(=O)Nc2ccccc2Cc2ccccc2)c1C. The fraction of sp³-hybridized carbons (Fsp3) is 0.250. The van der Waals surface area contributed by atoms with Crippen molar-refractivity contribution in [2.75, 3.05) is 11.9 Å². The Morgan fingerprint density at radius 2 is 1.79 bits per heavy atom. The van der Waals surface area contributed by atoms with Gasteiger partial charge in [-0.25, -0.2) is 4.79 Å². The lowest BCUT2D eigenvalue weighted by atomic mass is 10.0. The molecule has 0 aliphatic rings. The Kier molecular flexibility index (Phi) is 8.42. The molecule has 0 atom stereocenters. The molecule has 34 heavy (non-hydrogen) atoms. The van der Waals surface area contributed by atoms with E-state index in [9.17, 15) is 14.9 Å². The van der Waals surface area contributed by atoms with Crippen LogP contribution in [0.3, 0.4) is 0 Å². The minimum Gasteiger partial charge on any atom is -0.451 e. The number of para-hydroxylation sites is 1. The molecule has 1 amide bonds. The Morgan fingerprint density at radius 3 is 2.50 bits per heavy atom. The second-order valence-electron chi connectivity index (χ2n) is 8.09. The van der Waals surface area contributed by atoms with Crippen molar-refractivity contribution in [2.24, 2.45) is 0 Å². The average molecular weight is 456 g/mol. The molecule has 1 N–H and O–H groups in total. The summed E-state index contributed by atoms with van der Waals surface area (Å²) in [5.74, 6) is -1.29. The summed E-state index contributed by atoms with van der Waals surface area (Å²) in [5, 5.41) is 12.3. The van der Waals surface area contributed by atoms with Gasteiger partial charge in [0.05, 0.1) is 0 Å². The maximum absolute atomic E-state index is 12.5. The number of ether oxygens (including phenoxy) is 1. The summed E-state index contributed by atoms with van der Waals surface area (Å²) in [5.41, 5.74) is 5.42. The number of anilines is 1. The van der Waals surface area contributed by atoms with Crippen molar-refractivity contribution in [1.82, 2.24) is 4.57 Å². The van der Waals surface area contributed by atoms with Gasteiger partial charge in [0, 0.05) is 23.6 Å². The predicted octanol–water partition coefficient (Wildman–Crippen LogP) is 5.19. The number of aryl methyl sites for hydroxylation is 1. The van der Waals surface area contributed by atoms with Crippen LogP contribution < -0.4 is 5.32 Å². The number of carbonyl (C=O) groups is 2. The van der Waals surface area contributed by atoms with Gasteiger partial charge in [-0.3, -0.25) is 4.79 Å². The van der Waals surface area contributed by atoms with Crippen molar-refractivity contribution in [3.63, 3.8) is 0 Å². The van der Waals surface area contributed by atoms with Crippen LogP contribution in [0.4, 0.5) is 5.69 Å². The van der Waals surface area contributed by atoms with Crippen LogP contribution in [0.1, 0.15) is 41.4 Å². The zero-order valence-electron chi connectivity index (χ0n) is 19.8. The molecule has 0 bridgehead atoms. The topological polar surface area (TPSA) is 84.1 Å². The molecule has 3 aromatic rings. The molecule has 0 saturated carbocycles. The normalized spacial score (nSPS) is 11.1. The molecule has 6 nitrogen and oxygen atoms in total. The van der Waals surface area contributed by atoms with Crippen molar-refractivity contribution in [2.45, 2.75) is 40.2 Å². The Hall–Kier alpha value is -4.11. The lowest BCUT2D eigenvalue weighted by Crippen LogP contribution is -2.22. The third kappa shape index (κ3) is 6.23. The number of aromatic nitrogens is 1. The fourth-order valence-corrected chi connectivity index (χ4v) is 3.84. The Labute approximate surface area is 200 Å². The highest BCUT2D eigenvalue weighted by molar-refractivity contribution is 6.00. The molecule has 0 saturated heterocycles. The van der Waals surface area contributed by atoms with Crippen molar-refractivity contribution in [3.8, 4) is 6.07 Å². The van der Waals surface area contributed by atoms with Gasteiger partial charge in [-0.2, -0.15) is 5.26 Å². The number of esters is 1. The molecule has 2 aromatic carbocycles. The van der Waals surface area contributed by atoms with Crippen molar-refractivity contribution < 1.29 is 14.3 Å². The largest absolute Gasteiger partial charge is 0.451 e. The van der Waals surface area contributed by atoms with Crippen LogP contribution in [0.2, 0.25) is 0 Å². The maximum Gasteiger partial charge on any atom is 0.349 e. The van der Waals surface area contributed by atoms with Crippen molar-refractivity contribution >= 4 is 23.6 Å². The molecule has 6 heteroatoms. The van der Waals surface area contributed by atoms with E-state index in [-0.39, 0.29) is 5.57 Å². The zero-order valence-corrected chi connectivity index (χ0v) is 19.8. The van der Waals surface area contributed by atoms with Crippen molar-refractivity contribution in [3.05, 3.63) is 94.3 Å². The number of nitriles is 1. The molecule has 0 aliphatic carbocycles. The highest BCUT2D eigenvalue weighted by Gasteiger charge is 2.16. The van der Waals surface area contributed by atoms with Gasteiger partial charge in [0.25, 0.3) is 5.91 Å². The number of nitrogens with one attached hydrogen (secondary N) is 1. The van der Waals surface area contributed by atoms with E-state index in [4.69, 9.17) is 4.74 Å². The minimum absolute atomic E-state index is 0.144. The summed E-state index contributed by atoms with van der Waals surface area (Å²) in [6.45, 7) is 6.42. The second kappa shape index (κ2) is 11.7. The van der Waals surface area contributed by atoms with E-state index in [0.717, 1.165) is 41.0 Å². The van der Waals surface area contributed by atoms with E-state index < -0.39 is 18.5 Å². The molecule has 0 fully saturated rings. The molecule has 0 unspecified atom stereocenters. The molecule has 1 heterocycles. The van der Waals surface area contributed by atoms with Crippen LogP contribution in [-0.4, -0.2) is 23.1 Å². The first-order chi connectivity index (χ1) is 16.4. The summed E-state index contributed by atoms with van der Waals surface area (Å²) in [6.07, 6.45) is 3.16. The van der Waals surface area contributed by atoms with Gasteiger partial charge < -0.3 is 14.6 Å². The number of carbonyl (C=O) groups excluding carboxylic acids is 2. The zero-order chi connectivity index (χ0) is 24.5. The van der Waals surface area contributed by atoms with Crippen LogP contribution in [0, 0.1) is 25.2 Å². The number of hydrogen-bond donors (Lipinski definition) is 1. The molecule has 0 spiro atoms. The number of nitrogens with zero attached hydrogens (tertiary/aromatic N) is 2. The van der Waals surface area contributed by atoms with Crippen molar-refractivity contribution in [1.29, 1.82) is 5.26 Å².